The van der Waals surface area contributed by atoms with Crippen molar-refractivity contribution < 1.29 is 18.7 Å². The molecule has 6 nitrogen and oxygen atoms in total. The zero-order chi connectivity index (χ0) is 25.2. The third-order valence-electron chi connectivity index (χ3n) is 6.18. The van der Waals surface area contributed by atoms with Crippen LogP contribution in [0.2, 0.25) is 5.02 Å². The molecule has 0 N–H and O–H groups in total. The van der Waals surface area contributed by atoms with E-state index in [-0.39, 0.29) is 12.4 Å². The lowest BCUT2D eigenvalue weighted by molar-refractivity contribution is 0.0476. The fraction of sp³-hybridized carbons (Fsp3) is 0.138. The lowest BCUT2D eigenvalue weighted by Crippen LogP contribution is -2.15. The molecule has 0 amide bonds. The van der Waals surface area contributed by atoms with Crippen LogP contribution in [0, 0.1) is 13.8 Å². The number of ketones is 1. The molecular weight excluding hydrogens is 476 g/mol. The number of hydrogen-bond acceptors (Lipinski definition) is 5. The zero-order valence-corrected chi connectivity index (χ0v) is 20.6. The van der Waals surface area contributed by atoms with E-state index in [9.17, 15) is 9.59 Å². The minimum absolute atomic E-state index is 0.265. The van der Waals surface area contributed by atoms with Crippen molar-refractivity contribution in [3.05, 3.63) is 112 Å². The van der Waals surface area contributed by atoms with E-state index < -0.39 is 5.97 Å². The van der Waals surface area contributed by atoms with Crippen LogP contribution in [0.15, 0.2) is 83.5 Å². The molecule has 2 aromatic carbocycles. The Labute approximate surface area is 213 Å². The molecular formula is C29H23ClN2O4. The number of benzene rings is 2. The van der Waals surface area contributed by atoms with Gasteiger partial charge in [-0.3, -0.25) is 4.79 Å². The van der Waals surface area contributed by atoms with Crippen LogP contribution in [0.1, 0.15) is 37.9 Å². The molecule has 0 aliphatic heterocycles. The Morgan fingerprint density at radius 1 is 0.972 bits per heavy atom. The number of hydrogen-bond donors (Lipinski definition) is 0. The van der Waals surface area contributed by atoms with Crippen LogP contribution >= 0.6 is 11.6 Å². The van der Waals surface area contributed by atoms with Crippen LogP contribution in [0.25, 0.3) is 22.2 Å². The SMILES string of the molecule is Cc1cc(C(=O)COC(=O)c2cc(-c3ccc(Cl)cc3)nc3ccccc23)c(C)n1Cc1ccco1. The van der Waals surface area contributed by atoms with E-state index in [1.165, 1.54) is 0 Å². The molecule has 0 saturated heterocycles. The van der Waals surface area contributed by atoms with E-state index in [4.69, 9.17) is 20.8 Å². The molecule has 5 aromatic rings. The van der Waals surface area contributed by atoms with E-state index in [0.29, 0.717) is 39.3 Å². The molecule has 5 rings (SSSR count). The van der Waals surface area contributed by atoms with Crippen LogP contribution in [0.5, 0.6) is 0 Å². The average Bonchev–Trinajstić information content (AvgIpc) is 3.50. The van der Waals surface area contributed by atoms with Crippen molar-refractivity contribution in [1.29, 1.82) is 0 Å². The van der Waals surface area contributed by atoms with Crippen molar-refractivity contribution in [2.45, 2.75) is 20.4 Å². The van der Waals surface area contributed by atoms with Gasteiger partial charge in [-0.05, 0) is 56.3 Å². The Hall–Kier alpha value is -4.16. The van der Waals surface area contributed by atoms with Crippen LogP contribution in [-0.4, -0.2) is 27.9 Å². The van der Waals surface area contributed by atoms with Crippen LogP contribution in [0.3, 0.4) is 0 Å². The number of Topliss-reactive ketones (excluding diaryl/α,β-unsaturated/α-hetero) is 1. The number of aryl methyl sites for hydroxylation is 1. The largest absolute Gasteiger partial charge is 0.467 e. The molecule has 7 heteroatoms. The van der Waals surface area contributed by atoms with E-state index in [1.54, 1.807) is 24.5 Å². The molecule has 3 heterocycles. The summed E-state index contributed by atoms with van der Waals surface area (Å²) in [5, 5.41) is 1.27. The van der Waals surface area contributed by atoms with Gasteiger partial charge in [0.1, 0.15) is 5.76 Å². The molecule has 0 fully saturated rings. The third-order valence-corrected chi connectivity index (χ3v) is 6.43. The van der Waals surface area contributed by atoms with Gasteiger partial charge in [-0.25, -0.2) is 9.78 Å². The highest BCUT2D eigenvalue weighted by atomic mass is 35.5. The number of aromatic nitrogens is 2. The summed E-state index contributed by atoms with van der Waals surface area (Å²) < 4.78 is 13.0. The van der Waals surface area contributed by atoms with Gasteiger partial charge < -0.3 is 13.7 Å². The number of ether oxygens (including phenoxy) is 1. The molecule has 3 aromatic heterocycles. The standard InChI is InChI=1S/C29H23ClN2O4/c1-18-14-24(19(2)32(18)16-22-6-5-13-35-22)28(33)17-36-29(34)25-15-27(20-9-11-21(30)12-10-20)31-26-8-4-3-7-23(25)26/h3-15H,16-17H2,1-2H3. The molecule has 0 bridgehead atoms. The third kappa shape index (κ3) is 4.68. The summed E-state index contributed by atoms with van der Waals surface area (Å²) in [6, 6.07) is 21.8. The van der Waals surface area contributed by atoms with Crippen molar-refractivity contribution in [2.24, 2.45) is 0 Å². The second-order valence-electron chi connectivity index (χ2n) is 8.53. The summed E-state index contributed by atoms with van der Waals surface area (Å²) in [5.74, 6) is -0.0525. The lowest BCUT2D eigenvalue weighted by Gasteiger charge is -2.10. The fourth-order valence-electron chi connectivity index (χ4n) is 4.28. The average molecular weight is 499 g/mol. The fourth-order valence-corrected chi connectivity index (χ4v) is 4.41. The van der Waals surface area contributed by atoms with Crippen LogP contribution in [-0.2, 0) is 11.3 Å². The highest BCUT2D eigenvalue weighted by Gasteiger charge is 2.20. The van der Waals surface area contributed by atoms with Gasteiger partial charge in [0.15, 0.2) is 6.61 Å². The second kappa shape index (κ2) is 9.84. The summed E-state index contributed by atoms with van der Waals surface area (Å²) in [4.78, 5) is 30.9. The Morgan fingerprint density at radius 2 is 1.75 bits per heavy atom. The first-order valence-electron chi connectivity index (χ1n) is 11.5. The van der Waals surface area contributed by atoms with Crippen LogP contribution in [0.4, 0.5) is 0 Å². The number of rotatable bonds is 7. The molecule has 36 heavy (non-hydrogen) atoms. The summed E-state index contributed by atoms with van der Waals surface area (Å²) in [5.41, 5.74) is 4.68. The second-order valence-corrected chi connectivity index (χ2v) is 8.97. The maximum Gasteiger partial charge on any atom is 0.339 e. The summed E-state index contributed by atoms with van der Waals surface area (Å²) in [6.45, 7) is 3.96. The lowest BCUT2D eigenvalue weighted by atomic mass is 10.0. The molecule has 0 unspecified atom stereocenters. The predicted octanol–water partition coefficient (Wildman–Crippen LogP) is 6.65. The van der Waals surface area contributed by atoms with Crippen molar-refractivity contribution in [2.75, 3.05) is 6.61 Å². The van der Waals surface area contributed by atoms with Gasteiger partial charge in [0.2, 0.25) is 5.78 Å². The Morgan fingerprint density at radius 3 is 2.50 bits per heavy atom. The Bertz CT molecular complexity index is 1570. The summed E-state index contributed by atoms with van der Waals surface area (Å²) in [7, 11) is 0. The first-order chi connectivity index (χ1) is 17.4. The molecule has 180 valence electrons. The Balaban J connectivity index is 1.38. The normalized spacial score (nSPS) is 11.1. The first-order valence-corrected chi connectivity index (χ1v) is 11.8. The van der Waals surface area contributed by atoms with E-state index in [2.05, 4.69) is 4.98 Å². The quantitative estimate of drug-likeness (QED) is 0.185. The molecule has 0 aliphatic rings. The monoisotopic (exact) mass is 498 g/mol. The van der Waals surface area contributed by atoms with E-state index in [0.717, 1.165) is 22.7 Å². The number of furan rings is 1. The highest BCUT2D eigenvalue weighted by Crippen LogP contribution is 2.27. The number of carbonyl (C=O) groups excluding carboxylic acids is 2. The van der Waals surface area contributed by atoms with Gasteiger partial charge in [0.05, 0.1) is 29.6 Å². The van der Waals surface area contributed by atoms with Crippen LogP contribution < -0.4 is 0 Å². The minimum atomic E-state index is -0.582. The maximum atomic E-state index is 13.2. The predicted molar refractivity (Wildman–Crippen MR) is 139 cm³/mol. The van der Waals surface area contributed by atoms with Gasteiger partial charge >= 0.3 is 5.97 Å². The van der Waals surface area contributed by atoms with Gasteiger partial charge in [-0.15, -0.1) is 0 Å². The molecule has 0 saturated carbocycles. The van der Waals surface area contributed by atoms with Crippen molar-refractivity contribution in [3.8, 4) is 11.3 Å². The zero-order valence-electron chi connectivity index (χ0n) is 19.8. The highest BCUT2D eigenvalue weighted by molar-refractivity contribution is 6.30. The number of nitrogens with zero attached hydrogens (tertiary/aromatic N) is 2. The minimum Gasteiger partial charge on any atom is -0.467 e. The molecule has 0 aliphatic carbocycles. The molecule has 0 radical (unpaired) electrons. The number of pyridine rings is 1. The smallest absolute Gasteiger partial charge is 0.339 e. The number of fused-ring (bicyclic) bond motifs is 1. The summed E-state index contributed by atoms with van der Waals surface area (Å²) >= 11 is 6.02. The molecule has 0 spiro atoms. The van der Waals surface area contributed by atoms with Gasteiger partial charge in [-0.1, -0.05) is 41.9 Å². The maximum absolute atomic E-state index is 13.2. The number of esters is 1. The number of halogens is 1. The van der Waals surface area contributed by atoms with Gasteiger partial charge in [0.25, 0.3) is 0 Å². The van der Waals surface area contributed by atoms with E-state index in [1.807, 2.05) is 73.0 Å². The first kappa shape index (κ1) is 23.6. The van der Waals surface area contributed by atoms with Crippen molar-refractivity contribution >= 4 is 34.3 Å². The Kier molecular flexibility index (Phi) is 6.44. The topological polar surface area (TPSA) is 74.3 Å². The number of carbonyl (C=O) groups is 2. The van der Waals surface area contributed by atoms with Gasteiger partial charge in [0, 0.05) is 32.9 Å². The van der Waals surface area contributed by atoms with E-state index >= 15 is 0 Å². The summed E-state index contributed by atoms with van der Waals surface area (Å²) in [6.07, 6.45) is 1.62. The van der Waals surface area contributed by atoms with Crippen molar-refractivity contribution in [3.63, 3.8) is 0 Å². The van der Waals surface area contributed by atoms with Crippen molar-refractivity contribution in [1.82, 2.24) is 9.55 Å². The number of para-hydroxylation sites is 1. The van der Waals surface area contributed by atoms with Gasteiger partial charge in [-0.2, -0.15) is 0 Å². The molecule has 0 atom stereocenters.